The van der Waals surface area contributed by atoms with Crippen LogP contribution in [0.4, 0.5) is 0 Å². The number of pyridine rings is 6. The minimum atomic E-state index is -0.396. The Balaban J connectivity index is 0.000000189. The summed E-state index contributed by atoms with van der Waals surface area (Å²) in [4.78, 5) is 26.6. The van der Waals surface area contributed by atoms with E-state index in [9.17, 15) is 0 Å². The van der Waals surface area contributed by atoms with Crippen molar-refractivity contribution in [2.45, 2.75) is 55.4 Å². The van der Waals surface area contributed by atoms with Crippen LogP contribution in [-0.4, -0.2) is 29.9 Å². The summed E-state index contributed by atoms with van der Waals surface area (Å²) in [6, 6.07) is 109. The van der Waals surface area contributed by atoms with E-state index in [-0.39, 0.29) is 110 Å². The summed E-state index contributed by atoms with van der Waals surface area (Å²) in [6.45, 7) is 16.7. The Labute approximate surface area is 699 Å². The van der Waals surface area contributed by atoms with Gasteiger partial charge in [-0.1, -0.05) is 209 Å². The molecule has 0 N–H and O–H groups in total. The molecule has 108 heavy (non-hydrogen) atoms. The van der Waals surface area contributed by atoms with Gasteiger partial charge in [-0.05, 0) is 118 Å². The van der Waals surface area contributed by atoms with Gasteiger partial charge in [0.15, 0.2) is 0 Å². The molecule has 0 aliphatic carbocycles. The third kappa shape index (κ3) is 25.2. The third-order valence-electron chi connectivity index (χ3n) is 16.5. The molecule has 0 aliphatic heterocycles. The van der Waals surface area contributed by atoms with Crippen LogP contribution in [0.15, 0.2) is 340 Å². The number of benzene rings is 10. The van der Waals surface area contributed by atoms with Crippen LogP contribution >= 0.6 is 0 Å². The molecule has 16 aromatic rings. The fourth-order valence-electron chi connectivity index (χ4n) is 11.4. The van der Waals surface area contributed by atoms with Gasteiger partial charge in [-0.15, -0.1) is 213 Å². The molecule has 6 heterocycles. The molecule has 0 atom stereocenters. The summed E-state index contributed by atoms with van der Waals surface area (Å²) in [6.07, 6.45) is 10.9. The van der Waals surface area contributed by atoms with Gasteiger partial charge in [0.05, 0.1) is 6.85 Å². The fraction of sp³-hybridized carbons (Fsp3) is 0.0816. The third-order valence-corrected chi connectivity index (χ3v) is 16.5. The van der Waals surface area contributed by atoms with Gasteiger partial charge < -0.3 is 29.9 Å². The maximum absolute atomic E-state index is 7.98. The van der Waals surface area contributed by atoms with Crippen molar-refractivity contribution in [3.8, 4) is 112 Å². The van der Waals surface area contributed by atoms with E-state index in [1.165, 1.54) is 73.0 Å². The summed E-state index contributed by atoms with van der Waals surface area (Å²) in [7, 11) is 0. The fourth-order valence-corrected chi connectivity index (χ4v) is 11.4. The van der Waals surface area contributed by atoms with Gasteiger partial charge in [-0.25, -0.2) is 0 Å². The Morgan fingerprint density at radius 3 is 1.16 bits per heavy atom. The summed E-state index contributed by atoms with van der Waals surface area (Å²) in [5.41, 5.74) is 29.2. The maximum atomic E-state index is 7.98. The number of aryl methyl sites for hydroxylation is 8. The molecule has 0 saturated heterocycles. The van der Waals surface area contributed by atoms with Crippen molar-refractivity contribution in [1.29, 1.82) is 0 Å². The monoisotopic (exact) mass is 2120 g/mol. The molecule has 4 radical (unpaired) electrons. The molecule has 6 nitrogen and oxygen atoms in total. The van der Waals surface area contributed by atoms with E-state index in [4.69, 9.17) is 6.85 Å². The van der Waals surface area contributed by atoms with Crippen molar-refractivity contribution in [1.82, 2.24) is 29.9 Å². The second-order valence-electron chi connectivity index (χ2n) is 24.7. The van der Waals surface area contributed by atoms with Gasteiger partial charge in [-0.3, -0.25) is 0 Å². The van der Waals surface area contributed by atoms with E-state index in [2.05, 4.69) is 236 Å². The average Bonchev–Trinajstić information content (AvgIpc) is 0.776. The Bertz CT molecular complexity index is 5370. The van der Waals surface area contributed by atoms with Crippen molar-refractivity contribution in [2.75, 3.05) is 0 Å². The molecule has 0 saturated carbocycles. The molecule has 0 bridgehead atoms. The molecule has 0 aliphatic rings. The van der Waals surface area contributed by atoms with Crippen LogP contribution in [0.1, 0.15) is 51.4 Å². The van der Waals surface area contributed by atoms with Gasteiger partial charge in [-0.2, -0.15) is 0 Å². The Morgan fingerprint density at radius 2 is 0.713 bits per heavy atom. The second kappa shape index (κ2) is 44.1. The Morgan fingerprint density at radius 1 is 0.259 bits per heavy atom. The van der Waals surface area contributed by atoms with Crippen molar-refractivity contribution in [3.05, 3.63) is 421 Å². The number of nitrogens with zero attached hydrogens (tertiary/aromatic N) is 6. The zero-order chi connectivity index (χ0) is 76.6. The molecular weight excluding hydrogens is 2030 g/mol. The molecule has 10 aromatic carbocycles. The molecule has 6 aromatic heterocycles. The summed E-state index contributed by atoms with van der Waals surface area (Å²) >= 11 is 0. The predicted molar refractivity (Wildman–Crippen MR) is 431 cm³/mol. The van der Waals surface area contributed by atoms with Gasteiger partial charge in [0.2, 0.25) is 0 Å². The summed E-state index contributed by atoms with van der Waals surface area (Å²) in [5, 5.41) is 0. The molecular formula is C98H80Ir4N6-6. The van der Waals surface area contributed by atoms with Crippen LogP contribution in [-0.2, 0) is 80.4 Å². The molecule has 0 fully saturated rings. The summed E-state index contributed by atoms with van der Waals surface area (Å²) < 4.78 is 39.1. The number of hydrogen-bond acceptors (Lipinski definition) is 6. The zero-order valence-electron chi connectivity index (χ0n) is 66.0. The SMILES string of the molecule is Cc1[c-]c(-c2cc(C)c(-c3ccccc3)cn2)cc(C)c1.Cc1[c-]c(-c2cc(C)c(-c3ccccc3)cn2)cc(C)c1.Cc1ccc(-c2[c-]cccc2)nc1.Cc1cccnc1-c1[c-]cccc1.[2H]c1c([2H])c([2H])c(-c2ccc(-c3[c-]cccc3)nc2)c([2H])c1[2H].[Ir].[Ir].[Ir].[Ir].[c-]1ccc(-c2ccccc2)cc1-c1ccccn1. The molecule has 0 spiro atoms. The average molecular weight is 2120 g/mol. The van der Waals surface area contributed by atoms with E-state index < -0.39 is 6.04 Å². The minimum Gasteiger partial charge on any atom is -0.305 e. The molecule has 0 amide bonds. The van der Waals surface area contributed by atoms with Crippen LogP contribution in [0.3, 0.4) is 0 Å². The van der Waals surface area contributed by atoms with Crippen LogP contribution in [0, 0.1) is 91.8 Å². The quantitative estimate of drug-likeness (QED) is 0.127. The molecule has 0 unspecified atom stereocenters. The van der Waals surface area contributed by atoms with Gasteiger partial charge >= 0.3 is 0 Å². The summed E-state index contributed by atoms with van der Waals surface area (Å²) in [5.74, 6) is 0. The van der Waals surface area contributed by atoms with Crippen LogP contribution < -0.4 is 0 Å². The first-order chi connectivity index (χ1) is 52.9. The Hall–Kier alpha value is -10.3. The molecule has 10 heteroatoms. The van der Waals surface area contributed by atoms with E-state index in [1.54, 1.807) is 24.4 Å². The number of aromatic nitrogens is 6. The van der Waals surface area contributed by atoms with E-state index in [0.717, 1.165) is 73.0 Å². The van der Waals surface area contributed by atoms with E-state index in [1.807, 2.05) is 165 Å². The largest absolute Gasteiger partial charge is 0.305 e. The topological polar surface area (TPSA) is 77.3 Å². The maximum Gasteiger partial charge on any atom is 0.0629 e. The smallest absolute Gasteiger partial charge is 0.0629 e. The van der Waals surface area contributed by atoms with Crippen molar-refractivity contribution >= 4 is 0 Å². The first-order valence-corrected chi connectivity index (χ1v) is 34.3. The zero-order valence-corrected chi connectivity index (χ0v) is 70.5. The second-order valence-corrected chi connectivity index (χ2v) is 24.7. The minimum absolute atomic E-state index is 0. The van der Waals surface area contributed by atoms with Crippen LogP contribution in [0.25, 0.3) is 112 Å². The van der Waals surface area contributed by atoms with Gasteiger partial charge in [0, 0.05) is 129 Å². The predicted octanol–water partition coefficient (Wildman–Crippen LogP) is 24.4. The van der Waals surface area contributed by atoms with Crippen molar-refractivity contribution in [2.24, 2.45) is 0 Å². The van der Waals surface area contributed by atoms with Gasteiger partial charge in [0.25, 0.3) is 0 Å². The number of hydrogen-bond donors (Lipinski definition) is 0. The van der Waals surface area contributed by atoms with Crippen molar-refractivity contribution in [3.63, 3.8) is 0 Å². The standard InChI is InChI=1S/2C20H18N.2C17H12N.2C12H10N.4Ir/c2*1-14-9-15(2)11-18(10-14)20-12-16(3)19(13-21-20)17-7-5-4-6-8-17;1-3-7-14(8-4-1)16-11-12-17(18-13-16)15-9-5-2-6-10-15;1-2-7-14(8-3-1)15-9-6-10-16(13-15)17-11-4-5-12-18-17;1-10-6-5-9-13-12(10)11-7-3-2-4-8-11;1-10-7-8-12(13-9-10)11-5-3-2-4-6-11;;;;/h2*4-10,12-13H,1-3H3;2*1-9,11-13H;2-7,9H,1H3;2-5,7-9H,1H3;;;;/q6*-1;;;;/i;;1D,3D,4D,7D,8D;;;;;;;. The number of rotatable bonds is 10. The van der Waals surface area contributed by atoms with Gasteiger partial charge in [0.1, 0.15) is 0 Å². The van der Waals surface area contributed by atoms with E-state index in [0.29, 0.717) is 11.3 Å². The van der Waals surface area contributed by atoms with E-state index >= 15 is 0 Å². The van der Waals surface area contributed by atoms with Crippen LogP contribution in [0.5, 0.6) is 0 Å². The normalized spacial score (nSPS) is 10.6. The molecule has 16 rings (SSSR count). The molecule has 544 valence electrons. The first-order valence-electron chi connectivity index (χ1n) is 36.8. The Kier molecular flexibility index (Phi) is 31.6. The van der Waals surface area contributed by atoms with Crippen LogP contribution in [0.2, 0.25) is 0 Å². The van der Waals surface area contributed by atoms with Crippen molar-refractivity contribution < 1.29 is 87.3 Å². The first kappa shape index (κ1) is 77.3.